The van der Waals surface area contributed by atoms with Crippen LogP contribution in [0.4, 0.5) is 0 Å². The molecule has 0 saturated heterocycles. The zero-order chi connectivity index (χ0) is 16.1. The molecule has 5 nitrogen and oxygen atoms in total. The van der Waals surface area contributed by atoms with Crippen LogP contribution in [0.1, 0.15) is 43.0 Å². The van der Waals surface area contributed by atoms with Crippen molar-refractivity contribution in [1.82, 2.24) is 5.32 Å². The third kappa shape index (κ3) is 3.46. The van der Waals surface area contributed by atoms with Crippen molar-refractivity contribution in [2.24, 2.45) is 5.92 Å². The van der Waals surface area contributed by atoms with Crippen molar-refractivity contribution in [3.63, 3.8) is 0 Å². The molecule has 1 fully saturated rings. The highest BCUT2D eigenvalue weighted by Crippen LogP contribution is 2.38. The summed E-state index contributed by atoms with van der Waals surface area (Å²) >= 11 is 0. The molecule has 0 unspecified atom stereocenters. The Kier molecular flexibility index (Phi) is 5.52. The van der Waals surface area contributed by atoms with Crippen LogP contribution in [0, 0.1) is 5.92 Å². The molecule has 0 heterocycles. The number of ether oxygens (including phenoxy) is 3. The molecule has 0 aliphatic heterocycles. The fourth-order valence-electron chi connectivity index (χ4n) is 2.99. The number of carbonyl (C=O) groups excluding carboxylic acids is 1. The molecule has 0 aromatic heterocycles. The van der Waals surface area contributed by atoms with E-state index in [1.807, 2.05) is 0 Å². The van der Waals surface area contributed by atoms with E-state index in [2.05, 4.69) is 12.2 Å². The van der Waals surface area contributed by atoms with Crippen LogP contribution >= 0.6 is 0 Å². The summed E-state index contributed by atoms with van der Waals surface area (Å²) in [7, 11) is 4.63. The van der Waals surface area contributed by atoms with Crippen LogP contribution in [0.2, 0.25) is 0 Å². The van der Waals surface area contributed by atoms with Crippen molar-refractivity contribution in [1.29, 1.82) is 0 Å². The predicted molar refractivity (Wildman–Crippen MR) is 85.0 cm³/mol. The number of carbonyl (C=O) groups is 1. The minimum atomic E-state index is -0.0991. The van der Waals surface area contributed by atoms with Crippen molar-refractivity contribution in [3.05, 3.63) is 17.7 Å². The number of amides is 1. The largest absolute Gasteiger partial charge is 0.493 e. The first-order valence-corrected chi connectivity index (χ1v) is 7.71. The van der Waals surface area contributed by atoms with E-state index in [1.165, 1.54) is 19.3 Å². The summed E-state index contributed by atoms with van der Waals surface area (Å²) in [5.74, 6) is 1.89. The Bertz CT molecular complexity index is 504. The van der Waals surface area contributed by atoms with E-state index in [0.717, 1.165) is 6.42 Å². The molecule has 1 saturated carbocycles. The van der Waals surface area contributed by atoms with Crippen molar-refractivity contribution in [2.45, 2.75) is 38.6 Å². The van der Waals surface area contributed by atoms with E-state index in [1.54, 1.807) is 33.5 Å². The van der Waals surface area contributed by atoms with Gasteiger partial charge in [0.25, 0.3) is 5.91 Å². The molecule has 2 rings (SSSR count). The fraction of sp³-hybridized carbons (Fsp3) is 0.588. The van der Waals surface area contributed by atoms with Crippen LogP contribution < -0.4 is 19.5 Å². The molecule has 1 N–H and O–H groups in total. The first-order valence-electron chi connectivity index (χ1n) is 7.71. The smallest absolute Gasteiger partial charge is 0.251 e. The lowest BCUT2D eigenvalue weighted by atomic mass is 9.86. The SMILES string of the molecule is COc1cc(C(=O)N[C@H]2CCCC[C@H]2C)cc(OC)c1OC. The van der Waals surface area contributed by atoms with E-state index in [4.69, 9.17) is 14.2 Å². The van der Waals surface area contributed by atoms with Gasteiger partial charge < -0.3 is 19.5 Å². The summed E-state index contributed by atoms with van der Waals surface area (Å²) in [6.45, 7) is 2.19. The monoisotopic (exact) mass is 307 g/mol. The van der Waals surface area contributed by atoms with Gasteiger partial charge in [0.15, 0.2) is 11.5 Å². The van der Waals surface area contributed by atoms with Gasteiger partial charge in [-0.15, -0.1) is 0 Å². The Morgan fingerprint density at radius 2 is 1.64 bits per heavy atom. The quantitative estimate of drug-likeness (QED) is 0.908. The van der Waals surface area contributed by atoms with Crippen molar-refractivity contribution in [3.8, 4) is 17.2 Å². The van der Waals surface area contributed by atoms with Gasteiger partial charge in [0.2, 0.25) is 5.75 Å². The molecule has 1 aromatic rings. The van der Waals surface area contributed by atoms with Gasteiger partial charge in [-0.1, -0.05) is 19.8 Å². The number of methoxy groups -OCH3 is 3. The number of nitrogens with one attached hydrogen (secondary N) is 1. The van der Waals surface area contributed by atoms with E-state index in [9.17, 15) is 4.79 Å². The van der Waals surface area contributed by atoms with E-state index in [-0.39, 0.29) is 11.9 Å². The second kappa shape index (κ2) is 7.38. The normalized spacial score (nSPS) is 21.1. The maximum atomic E-state index is 12.5. The fourth-order valence-corrected chi connectivity index (χ4v) is 2.99. The lowest BCUT2D eigenvalue weighted by molar-refractivity contribution is 0.0909. The molecule has 0 radical (unpaired) electrons. The van der Waals surface area contributed by atoms with E-state index >= 15 is 0 Å². The van der Waals surface area contributed by atoms with Gasteiger partial charge in [0.05, 0.1) is 21.3 Å². The predicted octanol–water partition coefficient (Wildman–Crippen LogP) is 3.02. The number of benzene rings is 1. The second-order valence-electron chi connectivity index (χ2n) is 5.76. The number of hydrogen-bond donors (Lipinski definition) is 1. The van der Waals surface area contributed by atoms with Crippen LogP contribution in [0.3, 0.4) is 0 Å². The summed E-state index contributed by atoms with van der Waals surface area (Å²) in [5.41, 5.74) is 0.521. The zero-order valence-corrected chi connectivity index (χ0v) is 13.8. The maximum absolute atomic E-state index is 12.5. The van der Waals surface area contributed by atoms with E-state index in [0.29, 0.717) is 28.7 Å². The third-order valence-corrected chi connectivity index (χ3v) is 4.35. The average Bonchev–Trinajstić information content (AvgIpc) is 2.55. The molecule has 0 bridgehead atoms. The van der Waals surface area contributed by atoms with E-state index < -0.39 is 0 Å². The number of hydrogen-bond acceptors (Lipinski definition) is 4. The number of rotatable bonds is 5. The first-order chi connectivity index (χ1) is 10.6. The van der Waals surface area contributed by atoms with Crippen LogP contribution in [0.25, 0.3) is 0 Å². The van der Waals surface area contributed by atoms with Crippen LogP contribution in [-0.4, -0.2) is 33.3 Å². The Morgan fingerprint density at radius 1 is 1.05 bits per heavy atom. The molecule has 5 heteroatoms. The molecule has 122 valence electrons. The molecule has 1 aliphatic rings. The van der Waals surface area contributed by atoms with Crippen LogP contribution in [0.15, 0.2) is 12.1 Å². The zero-order valence-electron chi connectivity index (χ0n) is 13.8. The van der Waals surface area contributed by atoms with Crippen LogP contribution in [0.5, 0.6) is 17.2 Å². The molecular weight excluding hydrogens is 282 g/mol. The van der Waals surface area contributed by atoms with Crippen molar-refractivity contribution >= 4 is 5.91 Å². The molecule has 2 atom stereocenters. The summed E-state index contributed by atoms with van der Waals surface area (Å²) in [4.78, 5) is 12.5. The molecular formula is C17H25NO4. The molecule has 1 aliphatic carbocycles. The van der Waals surface area contributed by atoms with Gasteiger partial charge in [-0.2, -0.15) is 0 Å². The summed E-state index contributed by atoms with van der Waals surface area (Å²) < 4.78 is 15.9. The lowest BCUT2D eigenvalue weighted by Gasteiger charge is -2.29. The highest BCUT2D eigenvalue weighted by Gasteiger charge is 2.24. The molecule has 0 spiro atoms. The van der Waals surface area contributed by atoms with Crippen molar-refractivity contribution in [2.75, 3.05) is 21.3 Å². The van der Waals surface area contributed by atoms with Gasteiger partial charge in [0, 0.05) is 11.6 Å². The Hall–Kier alpha value is -1.91. The van der Waals surface area contributed by atoms with Crippen molar-refractivity contribution < 1.29 is 19.0 Å². The maximum Gasteiger partial charge on any atom is 0.251 e. The van der Waals surface area contributed by atoms with Gasteiger partial charge in [-0.3, -0.25) is 4.79 Å². The molecule has 22 heavy (non-hydrogen) atoms. The average molecular weight is 307 g/mol. The minimum absolute atomic E-state index is 0.0991. The third-order valence-electron chi connectivity index (χ3n) is 4.35. The highest BCUT2D eigenvalue weighted by atomic mass is 16.5. The summed E-state index contributed by atoms with van der Waals surface area (Å²) in [5, 5.41) is 3.13. The van der Waals surface area contributed by atoms with Gasteiger partial charge in [-0.25, -0.2) is 0 Å². The summed E-state index contributed by atoms with van der Waals surface area (Å²) in [6.07, 6.45) is 4.62. The first kappa shape index (κ1) is 16.5. The van der Waals surface area contributed by atoms with Gasteiger partial charge in [-0.05, 0) is 30.9 Å². The molecule has 1 amide bonds. The van der Waals surface area contributed by atoms with Crippen LogP contribution in [-0.2, 0) is 0 Å². The Labute approximate surface area is 131 Å². The minimum Gasteiger partial charge on any atom is -0.493 e. The Morgan fingerprint density at radius 3 is 2.14 bits per heavy atom. The topological polar surface area (TPSA) is 56.8 Å². The second-order valence-corrected chi connectivity index (χ2v) is 5.76. The standard InChI is InChI=1S/C17H25NO4/c1-11-7-5-6-8-13(11)18-17(19)12-9-14(20-2)16(22-4)15(10-12)21-3/h9-11,13H,5-8H2,1-4H3,(H,18,19)/t11-,13+/m1/s1. The highest BCUT2D eigenvalue weighted by molar-refractivity contribution is 5.95. The summed E-state index contributed by atoms with van der Waals surface area (Å²) in [6, 6.07) is 3.61. The molecule has 1 aromatic carbocycles. The van der Waals surface area contributed by atoms with Gasteiger partial charge in [0.1, 0.15) is 0 Å². The lowest BCUT2D eigenvalue weighted by Crippen LogP contribution is -2.41. The van der Waals surface area contributed by atoms with Gasteiger partial charge >= 0.3 is 0 Å². The Balaban J connectivity index is 2.21.